The van der Waals surface area contributed by atoms with E-state index in [2.05, 4.69) is 27.5 Å². The Hall–Kier alpha value is -1.63. The second-order valence-electron chi connectivity index (χ2n) is 5.37. The van der Waals surface area contributed by atoms with Crippen molar-refractivity contribution < 1.29 is 4.79 Å². The zero-order valence-corrected chi connectivity index (χ0v) is 14.0. The van der Waals surface area contributed by atoms with Gasteiger partial charge in [-0.05, 0) is 27.2 Å². The quantitative estimate of drug-likeness (QED) is 0.522. The van der Waals surface area contributed by atoms with Gasteiger partial charge in [-0.2, -0.15) is 0 Å². The number of aryl methyl sites for hydroxylation is 1. The van der Waals surface area contributed by atoms with Crippen LogP contribution in [-0.4, -0.2) is 29.9 Å². The molecule has 0 saturated carbocycles. The maximum absolute atomic E-state index is 11.3. The third-order valence-electron chi connectivity index (χ3n) is 3.03. The van der Waals surface area contributed by atoms with Crippen LogP contribution in [0.15, 0.2) is 11.2 Å². The molecule has 0 atom stereocenters. The molecule has 6 nitrogen and oxygen atoms in total. The summed E-state index contributed by atoms with van der Waals surface area (Å²) in [5, 5.41) is 7.28. The highest BCUT2D eigenvalue weighted by Gasteiger charge is 2.24. The van der Waals surface area contributed by atoms with E-state index in [9.17, 15) is 4.79 Å². The predicted molar refractivity (Wildman–Crippen MR) is 87.3 cm³/mol. The normalized spacial score (nSPS) is 12.3. The van der Waals surface area contributed by atoms with Crippen molar-refractivity contribution in [3.8, 4) is 0 Å². The van der Waals surface area contributed by atoms with Crippen LogP contribution in [0.1, 0.15) is 37.6 Å². The third-order valence-corrected chi connectivity index (χ3v) is 4.16. The highest BCUT2D eigenvalue weighted by Crippen LogP contribution is 2.14. The van der Waals surface area contributed by atoms with Gasteiger partial charge < -0.3 is 16.4 Å². The first-order chi connectivity index (χ1) is 9.89. The molecular formula is C14H25N5OS. The maximum atomic E-state index is 11.3. The van der Waals surface area contributed by atoms with Crippen LogP contribution >= 0.6 is 11.3 Å². The lowest BCUT2D eigenvalue weighted by Crippen LogP contribution is -2.46. The highest BCUT2D eigenvalue weighted by molar-refractivity contribution is 7.11. The molecule has 1 aromatic rings. The molecule has 0 spiro atoms. The minimum atomic E-state index is -0.618. The molecule has 0 unspecified atom stereocenters. The van der Waals surface area contributed by atoms with Crippen molar-refractivity contribution in [1.29, 1.82) is 0 Å². The van der Waals surface area contributed by atoms with Gasteiger partial charge in [-0.25, -0.2) is 9.98 Å². The van der Waals surface area contributed by atoms with Gasteiger partial charge in [-0.1, -0.05) is 6.92 Å². The van der Waals surface area contributed by atoms with E-state index in [1.165, 1.54) is 4.88 Å². The molecule has 1 aromatic heterocycles. The molecular weight excluding hydrogens is 286 g/mol. The molecule has 0 aliphatic rings. The number of nitrogens with one attached hydrogen (secondary N) is 2. The molecule has 21 heavy (non-hydrogen) atoms. The van der Waals surface area contributed by atoms with Crippen LogP contribution in [0.2, 0.25) is 0 Å². The van der Waals surface area contributed by atoms with Gasteiger partial charge in [0.2, 0.25) is 5.91 Å². The lowest BCUT2D eigenvalue weighted by molar-refractivity contribution is -0.125. The van der Waals surface area contributed by atoms with Gasteiger partial charge in [0.1, 0.15) is 5.01 Å². The maximum Gasteiger partial charge on any atom is 0.224 e. The van der Waals surface area contributed by atoms with Crippen LogP contribution < -0.4 is 16.4 Å². The van der Waals surface area contributed by atoms with Gasteiger partial charge in [0, 0.05) is 24.2 Å². The van der Waals surface area contributed by atoms with E-state index in [0.29, 0.717) is 19.0 Å². The topological polar surface area (TPSA) is 92.4 Å². The average Bonchev–Trinajstić information content (AvgIpc) is 2.89. The van der Waals surface area contributed by atoms with Gasteiger partial charge in [-0.3, -0.25) is 4.79 Å². The number of amides is 1. The summed E-state index contributed by atoms with van der Waals surface area (Å²) in [5.41, 5.74) is 4.75. The molecule has 1 amide bonds. The first-order valence-electron chi connectivity index (χ1n) is 7.14. The van der Waals surface area contributed by atoms with E-state index in [0.717, 1.165) is 18.0 Å². The standard InChI is InChI=1S/C14H25N5OS/c1-5-10-7-17-11(21-10)8-18-13(16-6-2)19-9-14(3,4)12(15)20/h7H,5-6,8-9H2,1-4H3,(H2,15,20)(H2,16,18,19). The zero-order valence-electron chi connectivity index (χ0n) is 13.2. The second kappa shape index (κ2) is 7.97. The lowest BCUT2D eigenvalue weighted by Gasteiger charge is -2.22. The molecule has 0 aliphatic carbocycles. The third kappa shape index (κ3) is 5.71. The smallest absolute Gasteiger partial charge is 0.224 e. The van der Waals surface area contributed by atoms with Crippen molar-refractivity contribution in [1.82, 2.24) is 15.6 Å². The Morgan fingerprint density at radius 1 is 1.43 bits per heavy atom. The van der Waals surface area contributed by atoms with Crippen molar-refractivity contribution in [3.05, 3.63) is 16.1 Å². The molecule has 118 valence electrons. The SMILES string of the molecule is CCNC(=NCc1ncc(CC)s1)NCC(C)(C)C(N)=O. The molecule has 1 heterocycles. The Balaban J connectivity index is 2.63. The Morgan fingerprint density at radius 3 is 2.67 bits per heavy atom. The first kappa shape index (κ1) is 17.4. The average molecular weight is 311 g/mol. The summed E-state index contributed by atoms with van der Waals surface area (Å²) < 4.78 is 0. The van der Waals surface area contributed by atoms with E-state index in [1.54, 1.807) is 25.2 Å². The number of nitrogens with two attached hydrogens (primary N) is 1. The fourth-order valence-electron chi connectivity index (χ4n) is 1.46. The number of guanidine groups is 1. The minimum absolute atomic E-state index is 0.335. The predicted octanol–water partition coefficient (Wildman–Crippen LogP) is 1.27. The van der Waals surface area contributed by atoms with Gasteiger partial charge in [0.05, 0.1) is 12.0 Å². The van der Waals surface area contributed by atoms with Crippen LogP contribution in [0.5, 0.6) is 0 Å². The molecule has 0 aromatic carbocycles. The number of aromatic nitrogens is 1. The van der Waals surface area contributed by atoms with Crippen LogP contribution in [0.25, 0.3) is 0 Å². The number of hydrogen-bond donors (Lipinski definition) is 3. The summed E-state index contributed by atoms with van der Waals surface area (Å²) in [4.78, 5) is 21.4. The summed E-state index contributed by atoms with van der Waals surface area (Å²) in [5.74, 6) is 0.332. The van der Waals surface area contributed by atoms with E-state index in [-0.39, 0.29) is 5.91 Å². The Bertz CT molecular complexity index is 495. The summed E-state index contributed by atoms with van der Waals surface area (Å²) in [7, 11) is 0. The number of nitrogens with zero attached hydrogens (tertiary/aromatic N) is 2. The second-order valence-corrected chi connectivity index (χ2v) is 6.57. The van der Waals surface area contributed by atoms with Crippen LogP contribution in [0, 0.1) is 5.41 Å². The van der Waals surface area contributed by atoms with Gasteiger partial charge >= 0.3 is 0 Å². The number of rotatable bonds is 7. The van der Waals surface area contributed by atoms with Crippen molar-refractivity contribution in [3.63, 3.8) is 0 Å². The Labute approximate surface area is 130 Å². The van der Waals surface area contributed by atoms with Crippen LogP contribution in [0.3, 0.4) is 0 Å². The summed E-state index contributed by atoms with van der Waals surface area (Å²) in [6, 6.07) is 0. The van der Waals surface area contributed by atoms with Gasteiger partial charge in [0.25, 0.3) is 0 Å². The number of primary amides is 1. The van der Waals surface area contributed by atoms with Crippen molar-refractivity contribution in [2.45, 2.75) is 40.7 Å². The van der Waals surface area contributed by atoms with E-state index < -0.39 is 5.41 Å². The summed E-state index contributed by atoms with van der Waals surface area (Å²) in [6.45, 7) is 9.43. The highest BCUT2D eigenvalue weighted by atomic mass is 32.1. The van der Waals surface area contributed by atoms with Gasteiger partial charge in [-0.15, -0.1) is 11.3 Å². The molecule has 0 fully saturated rings. The monoisotopic (exact) mass is 311 g/mol. The van der Waals surface area contributed by atoms with Crippen molar-refractivity contribution in [2.24, 2.45) is 16.1 Å². The number of carbonyl (C=O) groups is 1. The Kier molecular flexibility index (Phi) is 6.61. The van der Waals surface area contributed by atoms with Crippen LogP contribution in [-0.2, 0) is 17.8 Å². The van der Waals surface area contributed by atoms with Gasteiger partial charge in [0.15, 0.2) is 5.96 Å². The van der Waals surface area contributed by atoms with Crippen molar-refractivity contribution in [2.75, 3.05) is 13.1 Å². The summed E-state index contributed by atoms with van der Waals surface area (Å²) in [6.07, 6.45) is 2.89. The van der Waals surface area contributed by atoms with E-state index in [4.69, 9.17) is 5.73 Å². The minimum Gasteiger partial charge on any atom is -0.369 e. The molecule has 7 heteroatoms. The fourth-order valence-corrected chi connectivity index (χ4v) is 2.25. The van der Waals surface area contributed by atoms with Crippen LogP contribution in [0.4, 0.5) is 0 Å². The van der Waals surface area contributed by atoms with E-state index >= 15 is 0 Å². The number of carbonyl (C=O) groups excluding carboxylic acids is 1. The van der Waals surface area contributed by atoms with E-state index in [1.807, 2.05) is 13.1 Å². The molecule has 1 rings (SSSR count). The lowest BCUT2D eigenvalue weighted by atomic mass is 9.93. The molecule has 4 N–H and O–H groups in total. The fraction of sp³-hybridized carbons (Fsp3) is 0.643. The molecule has 0 radical (unpaired) electrons. The molecule has 0 aliphatic heterocycles. The van der Waals surface area contributed by atoms with Crippen molar-refractivity contribution >= 4 is 23.2 Å². The largest absolute Gasteiger partial charge is 0.369 e. The molecule has 0 saturated heterocycles. The number of aliphatic imine (C=N–C) groups is 1. The summed E-state index contributed by atoms with van der Waals surface area (Å²) >= 11 is 1.67. The Morgan fingerprint density at radius 2 is 2.14 bits per heavy atom. The number of hydrogen-bond acceptors (Lipinski definition) is 4. The first-order valence-corrected chi connectivity index (χ1v) is 7.96. The number of thiazole rings is 1. The zero-order chi connectivity index (χ0) is 15.9. The molecule has 0 bridgehead atoms.